The Morgan fingerprint density at radius 2 is 2.00 bits per heavy atom. The van der Waals surface area contributed by atoms with Gasteiger partial charge in [0.15, 0.2) is 0 Å². The average Bonchev–Trinajstić information content (AvgIpc) is 2.16. The van der Waals surface area contributed by atoms with Crippen LogP contribution in [-0.4, -0.2) is 23.4 Å². The summed E-state index contributed by atoms with van der Waals surface area (Å²) >= 11 is 0. The molecule has 0 aliphatic rings. The molecule has 1 aromatic carbocycles. The SMILES string of the molecule is CC(C)(C)C(CO)COc1cccc(O)c1. The predicted molar refractivity (Wildman–Crippen MR) is 63.6 cm³/mol. The second kappa shape index (κ2) is 5.21. The van der Waals surface area contributed by atoms with E-state index in [1.54, 1.807) is 24.3 Å². The van der Waals surface area contributed by atoms with Gasteiger partial charge >= 0.3 is 0 Å². The van der Waals surface area contributed by atoms with Crippen molar-refractivity contribution in [3.8, 4) is 11.5 Å². The van der Waals surface area contributed by atoms with Crippen molar-refractivity contribution in [3.63, 3.8) is 0 Å². The normalized spacial score (nSPS) is 13.5. The van der Waals surface area contributed by atoms with Crippen molar-refractivity contribution in [1.29, 1.82) is 0 Å². The van der Waals surface area contributed by atoms with Gasteiger partial charge in [0.25, 0.3) is 0 Å². The Balaban J connectivity index is 2.56. The summed E-state index contributed by atoms with van der Waals surface area (Å²) in [6, 6.07) is 6.68. The van der Waals surface area contributed by atoms with Crippen LogP contribution in [0, 0.1) is 11.3 Å². The van der Waals surface area contributed by atoms with Crippen molar-refractivity contribution in [2.75, 3.05) is 13.2 Å². The zero-order valence-corrected chi connectivity index (χ0v) is 10.1. The molecule has 3 nitrogen and oxygen atoms in total. The zero-order valence-electron chi connectivity index (χ0n) is 10.1. The zero-order chi connectivity index (χ0) is 12.2. The number of phenols is 1. The minimum Gasteiger partial charge on any atom is -0.508 e. The third-order valence-electron chi connectivity index (χ3n) is 2.71. The Bertz CT molecular complexity index is 328. The van der Waals surface area contributed by atoms with E-state index in [1.807, 2.05) is 0 Å². The minimum atomic E-state index is 0.00553. The molecule has 1 atom stereocenters. The molecule has 3 heteroatoms. The van der Waals surface area contributed by atoms with E-state index < -0.39 is 0 Å². The highest BCUT2D eigenvalue weighted by Gasteiger charge is 2.24. The maximum Gasteiger partial charge on any atom is 0.122 e. The van der Waals surface area contributed by atoms with Crippen LogP contribution in [0.4, 0.5) is 0 Å². The van der Waals surface area contributed by atoms with Gasteiger partial charge in [-0.25, -0.2) is 0 Å². The van der Waals surface area contributed by atoms with Crippen LogP contribution in [0.2, 0.25) is 0 Å². The third kappa shape index (κ3) is 3.74. The van der Waals surface area contributed by atoms with Gasteiger partial charge < -0.3 is 14.9 Å². The topological polar surface area (TPSA) is 49.7 Å². The van der Waals surface area contributed by atoms with Crippen molar-refractivity contribution < 1.29 is 14.9 Å². The number of aliphatic hydroxyl groups is 1. The molecule has 1 aromatic rings. The molecule has 0 saturated heterocycles. The van der Waals surface area contributed by atoms with Crippen molar-refractivity contribution in [2.45, 2.75) is 20.8 Å². The Kier molecular flexibility index (Phi) is 4.19. The fourth-order valence-corrected chi connectivity index (χ4v) is 1.35. The van der Waals surface area contributed by atoms with Crippen molar-refractivity contribution >= 4 is 0 Å². The average molecular weight is 224 g/mol. The number of phenolic OH excluding ortho intramolecular Hbond substituents is 1. The largest absolute Gasteiger partial charge is 0.508 e. The first-order valence-corrected chi connectivity index (χ1v) is 5.46. The fourth-order valence-electron chi connectivity index (χ4n) is 1.35. The van der Waals surface area contributed by atoms with E-state index in [9.17, 15) is 10.2 Å². The van der Waals surface area contributed by atoms with Gasteiger partial charge in [-0.3, -0.25) is 0 Å². The summed E-state index contributed by atoms with van der Waals surface area (Å²) in [5.41, 5.74) is 0.00553. The summed E-state index contributed by atoms with van der Waals surface area (Å²) in [6.45, 7) is 6.75. The Hall–Kier alpha value is -1.22. The molecule has 0 spiro atoms. The van der Waals surface area contributed by atoms with Gasteiger partial charge in [-0.15, -0.1) is 0 Å². The number of hydrogen-bond donors (Lipinski definition) is 2. The Morgan fingerprint density at radius 1 is 1.31 bits per heavy atom. The Labute approximate surface area is 96.7 Å². The number of aliphatic hydroxyl groups excluding tert-OH is 1. The molecule has 0 heterocycles. The summed E-state index contributed by atoms with van der Waals surface area (Å²) in [7, 11) is 0. The van der Waals surface area contributed by atoms with Crippen molar-refractivity contribution in [2.24, 2.45) is 11.3 Å². The van der Waals surface area contributed by atoms with Crippen LogP contribution in [0.25, 0.3) is 0 Å². The monoisotopic (exact) mass is 224 g/mol. The number of ether oxygens (including phenoxy) is 1. The molecule has 2 N–H and O–H groups in total. The molecule has 0 amide bonds. The molecule has 0 saturated carbocycles. The van der Waals surface area contributed by atoms with Gasteiger partial charge in [0, 0.05) is 18.6 Å². The first-order chi connectivity index (χ1) is 7.43. The van der Waals surface area contributed by atoms with Crippen LogP contribution in [0.1, 0.15) is 20.8 Å². The van der Waals surface area contributed by atoms with Crippen LogP contribution in [-0.2, 0) is 0 Å². The second-order valence-electron chi connectivity index (χ2n) is 5.05. The molecule has 1 unspecified atom stereocenters. The lowest BCUT2D eigenvalue weighted by Gasteiger charge is -2.28. The maximum atomic E-state index is 9.27. The lowest BCUT2D eigenvalue weighted by molar-refractivity contribution is 0.0817. The fraction of sp³-hybridized carbons (Fsp3) is 0.538. The van der Waals surface area contributed by atoms with E-state index >= 15 is 0 Å². The molecule has 16 heavy (non-hydrogen) atoms. The summed E-state index contributed by atoms with van der Waals surface area (Å²) in [5, 5.41) is 18.5. The first kappa shape index (κ1) is 12.8. The van der Waals surface area contributed by atoms with Gasteiger partial charge in [-0.1, -0.05) is 26.8 Å². The highest BCUT2D eigenvalue weighted by molar-refractivity contribution is 5.31. The molecule has 0 aromatic heterocycles. The Morgan fingerprint density at radius 3 is 2.50 bits per heavy atom. The van der Waals surface area contributed by atoms with E-state index in [2.05, 4.69) is 20.8 Å². The van der Waals surface area contributed by atoms with Crippen molar-refractivity contribution in [1.82, 2.24) is 0 Å². The van der Waals surface area contributed by atoms with E-state index in [0.717, 1.165) is 0 Å². The lowest BCUT2D eigenvalue weighted by atomic mass is 9.82. The van der Waals surface area contributed by atoms with Gasteiger partial charge in [0.2, 0.25) is 0 Å². The van der Waals surface area contributed by atoms with Gasteiger partial charge in [-0.05, 0) is 17.5 Å². The summed E-state index contributed by atoms with van der Waals surface area (Å²) in [4.78, 5) is 0. The van der Waals surface area contributed by atoms with Crippen LogP contribution in [0.5, 0.6) is 11.5 Å². The molecule has 0 radical (unpaired) electrons. The smallest absolute Gasteiger partial charge is 0.122 e. The molecular formula is C13H20O3. The lowest BCUT2D eigenvalue weighted by Crippen LogP contribution is -2.29. The highest BCUT2D eigenvalue weighted by atomic mass is 16.5. The maximum absolute atomic E-state index is 9.27. The molecule has 1 rings (SSSR count). The quantitative estimate of drug-likeness (QED) is 0.825. The third-order valence-corrected chi connectivity index (χ3v) is 2.71. The van der Waals surface area contributed by atoms with Crippen molar-refractivity contribution in [3.05, 3.63) is 24.3 Å². The minimum absolute atomic E-state index is 0.00553. The van der Waals surface area contributed by atoms with Crippen LogP contribution in [0.15, 0.2) is 24.3 Å². The molecule has 0 fully saturated rings. The standard InChI is InChI=1S/C13H20O3/c1-13(2,3)10(8-14)9-16-12-6-4-5-11(15)7-12/h4-7,10,14-15H,8-9H2,1-3H3. The van der Waals surface area contributed by atoms with Crippen LogP contribution < -0.4 is 4.74 Å². The predicted octanol–water partition coefficient (Wildman–Crippen LogP) is 2.43. The van der Waals surface area contributed by atoms with Gasteiger partial charge in [0.05, 0.1) is 6.61 Å². The number of aromatic hydroxyl groups is 1. The second-order valence-corrected chi connectivity index (χ2v) is 5.05. The summed E-state index contributed by atoms with van der Waals surface area (Å²) in [6.07, 6.45) is 0. The van der Waals surface area contributed by atoms with E-state index in [4.69, 9.17) is 4.74 Å². The van der Waals surface area contributed by atoms with E-state index in [-0.39, 0.29) is 23.7 Å². The summed E-state index contributed by atoms with van der Waals surface area (Å²) < 4.78 is 5.55. The van der Waals surface area contributed by atoms with E-state index in [1.165, 1.54) is 0 Å². The molecule has 0 aliphatic carbocycles. The number of benzene rings is 1. The summed E-state index contributed by atoms with van der Waals surface area (Å²) in [5.74, 6) is 0.895. The van der Waals surface area contributed by atoms with Gasteiger partial charge in [0.1, 0.15) is 11.5 Å². The van der Waals surface area contributed by atoms with Crippen LogP contribution >= 0.6 is 0 Å². The number of hydrogen-bond acceptors (Lipinski definition) is 3. The highest BCUT2D eigenvalue weighted by Crippen LogP contribution is 2.27. The van der Waals surface area contributed by atoms with E-state index in [0.29, 0.717) is 12.4 Å². The molecule has 90 valence electrons. The molecule has 0 aliphatic heterocycles. The van der Waals surface area contributed by atoms with Gasteiger partial charge in [-0.2, -0.15) is 0 Å². The first-order valence-electron chi connectivity index (χ1n) is 5.46. The molecular weight excluding hydrogens is 204 g/mol. The molecule has 0 bridgehead atoms. The van der Waals surface area contributed by atoms with Crippen LogP contribution in [0.3, 0.4) is 0 Å². The number of rotatable bonds is 4.